The highest BCUT2D eigenvalue weighted by Crippen LogP contribution is 2.31. The molecule has 1 aliphatic rings. The lowest BCUT2D eigenvalue weighted by atomic mass is 9.85. The number of hydrogen-bond donors (Lipinski definition) is 1. The first-order valence-corrected chi connectivity index (χ1v) is 8.34. The normalized spacial score (nSPS) is 19.4. The predicted molar refractivity (Wildman–Crippen MR) is 93.1 cm³/mol. The molecular formula is C17H21N3S. The summed E-state index contributed by atoms with van der Waals surface area (Å²) in [6.07, 6.45) is 2.98. The average Bonchev–Trinajstić information content (AvgIpc) is 2.47. The number of nitrogens with one attached hydrogen (secondary N) is 1. The first-order chi connectivity index (χ1) is 10.0. The van der Waals surface area contributed by atoms with Gasteiger partial charge in [-0.3, -0.25) is 9.98 Å². The maximum Gasteiger partial charge on any atom is 0.161 e. The second-order valence-electron chi connectivity index (χ2n) is 6.45. The zero-order chi connectivity index (χ0) is 14.9. The predicted octanol–water partition coefficient (Wildman–Crippen LogP) is 4.55. The molecule has 0 saturated carbocycles. The summed E-state index contributed by atoms with van der Waals surface area (Å²) in [4.78, 5) is 9.31. The molecule has 1 aromatic carbocycles. The van der Waals surface area contributed by atoms with Gasteiger partial charge in [-0.2, -0.15) is 0 Å². The van der Waals surface area contributed by atoms with Crippen molar-refractivity contribution in [3.63, 3.8) is 0 Å². The summed E-state index contributed by atoms with van der Waals surface area (Å²) in [5.74, 6) is 1.12. The van der Waals surface area contributed by atoms with Gasteiger partial charge in [0.1, 0.15) is 0 Å². The number of aromatic nitrogens is 1. The van der Waals surface area contributed by atoms with Crippen LogP contribution < -0.4 is 5.32 Å². The first-order valence-electron chi connectivity index (χ1n) is 7.35. The van der Waals surface area contributed by atoms with Crippen LogP contribution in [0.1, 0.15) is 27.2 Å². The van der Waals surface area contributed by atoms with Gasteiger partial charge < -0.3 is 5.32 Å². The second-order valence-corrected chi connectivity index (χ2v) is 7.54. The highest BCUT2D eigenvalue weighted by molar-refractivity contribution is 8.14. The van der Waals surface area contributed by atoms with E-state index in [1.165, 1.54) is 0 Å². The van der Waals surface area contributed by atoms with Crippen molar-refractivity contribution in [1.82, 2.24) is 4.98 Å². The van der Waals surface area contributed by atoms with Crippen molar-refractivity contribution >= 4 is 33.5 Å². The van der Waals surface area contributed by atoms with Crippen molar-refractivity contribution in [1.29, 1.82) is 0 Å². The topological polar surface area (TPSA) is 37.3 Å². The molecule has 4 heteroatoms. The third-order valence-corrected chi connectivity index (χ3v) is 4.71. The van der Waals surface area contributed by atoms with E-state index >= 15 is 0 Å². The number of nitrogens with zero attached hydrogens (tertiary/aromatic N) is 2. The van der Waals surface area contributed by atoms with Crippen molar-refractivity contribution in [2.24, 2.45) is 10.4 Å². The van der Waals surface area contributed by atoms with Crippen LogP contribution in [0.5, 0.6) is 0 Å². The summed E-state index contributed by atoms with van der Waals surface area (Å²) < 4.78 is 0. The average molecular weight is 299 g/mol. The van der Waals surface area contributed by atoms with E-state index in [9.17, 15) is 0 Å². The van der Waals surface area contributed by atoms with Gasteiger partial charge in [0.15, 0.2) is 5.17 Å². The van der Waals surface area contributed by atoms with Crippen LogP contribution >= 0.6 is 11.8 Å². The maximum absolute atomic E-state index is 4.90. The minimum atomic E-state index is 0.216. The lowest BCUT2D eigenvalue weighted by Crippen LogP contribution is -2.30. The van der Waals surface area contributed by atoms with Gasteiger partial charge in [0.05, 0.1) is 11.6 Å². The van der Waals surface area contributed by atoms with E-state index in [-0.39, 0.29) is 5.41 Å². The molecule has 1 atom stereocenters. The van der Waals surface area contributed by atoms with Crippen LogP contribution in [-0.2, 0) is 0 Å². The van der Waals surface area contributed by atoms with E-state index < -0.39 is 0 Å². The van der Waals surface area contributed by atoms with Crippen LogP contribution in [0, 0.1) is 5.41 Å². The van der Waals surface area contributed by atoms with Gasteiger partial charge in [-0.15, -0.1) is 0 Å². The fourth-order valence-electron chi connectivity index (χ4n) is 2.53. The molecule has 110 valence electrons. The van der Waals surface area contributed by atoms with Gasteiger partial charge in [-0.1, -0.05) is 38.6 Å². The van der Waals surface area contributed by atoms with Gasteiger partial charge in [-0.05, 0) is 36.1 Å². The smallest absolute Gasteiger partial charge is 0.161 e. The summed E-state index contributed by atoms with van der Waals surface area (Å²) in [5.41, 5.74) is 2.31. The molecule has 1 aromatic heterocycles. The number of rotatable bonds is 1. The molecule has 0 amide bonds. The Hall–Kier alpha value is -1.55. The zero-order valence-corrected chi connectivity index (χ0v) is 13.6. The van der Waals surface area contributed by atoms with E-state index in [4.69, 9.17) is 4.99 Å². The number of pyridine rings is 1. The zero-order valence-electron chi connectivity index (χ0n) is 12.8. The number of fused-ring (bicyclic) bond motifs is 1. The number of amidine groups is 1. The monoisotopic (exact) mass is 299 g/mol. The van der Waals surface area contributed by atoms with Gasteiger partial charge in [0.25, 0.3) is 0 Å². The standard InChI is InChI=1S/C17H21N3S/c1-17(2,3)15-9-11-21-16(20-15)19-14-8-4-7-13-12(14)6-5-10-18-13/h4-8,10,15H,9,11H2,1-3H3,(H,19,20). The highest BCUT2D eigenvalue weighted by Gasteiger charge is 2.27. The van der Waals surface area contributed by atoms with Gasteiger partial charge in [0, 0.05) is 23.0 Å². The largest absolute Gasteiger partial charge is 0.334 e. The molecule has 21 heavy (non-hydrogen) atoms. The molecule has 0 spiro atoms. The van der Waals surface area contributed by atoms with Crippen molar-refractivity contribution in [3.05, 3.63) is 36.5 Å². The van der Waals surface area contributed by atoms with Gasteiger partial charge >= 0.3 is 0 Å². The quantitative estimate of drug-likeness (QED) is 0.839. The molecule has 1 N–H and O–H groups in total. The molecule has 0 aliphatic carbocycles. The molecule has 0 radical (unpaired) electrons. The molecule has 2 heterocycles. The minimum absolute atomic E-state index is 0.216. The SMILES string of the molecule is CC(C)(C)C1CCSC(Nc2cccc3ncccc23)=N1. The Labute approximate surface area is 130 Å². The summed E-state index contributed by atoms with van der Waals surface area (Å²) in [5, 5.41) is 5.66. The van der Waals surface area contributed by atoms with Crippen molar-refractivity contribution in [2.45, 2.75) is 33.2 Å². The Bertz CT molecular complexity index is 668. The second kappa shape index (κ2) is 5.68. The molecule has 1 unspecified atom stereocenters. The molecule has 0 saturated heterocycles. The number of thioether (sulfide) groups is 1. The summed E-state index contributed by atoms with van der Waals surface area (Å²) in [6, 6.07) is 10.6. The summed E-state index contributed by atoms with van der Waals surface area (Å²) >= 11 is 1.80. The molecule has 0 fully saturated rings. The maximum atomic E-state index is 4.90. The number of benzene rings is 1. The van der Waals surface area contributed by atoms with E-state index in [1.807, 2.05) is 24.4 Å². The number of anilines is 1. The third-order valence-electron chi connectivity index (χ3n) is 3.79. The van der Waals surface area contributed by atoms with Crippen LogP contribution in [0.15, 0.2) is 41.5 Å². The van der Waals surface area contributed by atoms with Crippen molar-refractivity contribution < 1.29 is 0 Å². The van der Waals surface area contributed by atoms with E-state index in [2.05, 4.69) is 43.2 Å². The van der Waals surface area contributed by atoms with Crippen molar-refractivity contribution in [2.75, 3.05) is 11.1 Å². The van der Waals surface area contributed by atoms with Crippen LogP contribution in [0.2, 0.25) is 0 Å². The lowest BCUT2D eigenvalue weighted by Gasteiger charge is -2.31. The summed E-state index contributed by atoms with van der Waals surface area (Å²) in [6.45, 7) is 6.78. The van der Waals surface area contributed by atoms with Crippen LogP contribution in [0.4, 0.5) is 5.69 Å². The Kier molecular flexibility index (Phi) is 3.89. The Morgan fingerprint density at radius 1 is 1.19 bits per heavy atom. The summed E-state index contributed by atoms with van der Waals surface area (Å²) in [7, 11) is 0. The van der Waals surface area contributed by atoms with Crippen LogP contribution in [-0.4, -0.2) is 21.9 Å². The molecule has 3 rings (SSSR count). The Morgan fingerprint density at radius 2 is 2.05 bits per heavy atom. The van der Waals surface area contributed by atoms with Gasteiger partial charge in [0.2, 0.25) is 0 Å². The number of aliphatic imine (C=N–C) groups is 1. The van der Waals surface area contributed by atoms with E-state index in [1.54, 1.807) is 11.8 Å². The van der Waals surface area contributed by atoms with Crippen LogP contribution in [0.3, 0.4) is 0 Å². The molecule has 2 aromatic rings. The van der Waals surface area contributed by atoms with Crippen molar-refractivity contribution in [3.8, 4) is 0 Å². The molecule has 0 bridgehead atoms. The molecule has 1 aliphatic heterocycles. The first kappa shape index (κ1) is 14.4. The minimum Gasteiger partial charge on any atom is -0.334 e. The van der Waals surface area contributed by atoms with Gasteiger partial charge in [-0.25, -0.2) is 0 Å². The fourth-order valence-corrected chi connectivity index (χ4v) is 3.45. The fraction of sp³-hybridized carbons (Fsp3) is 0.412. The van der Waals surface area contributed by atoms with E-state index in [0.717, 1.165) is 33.9 Å². The highest BCUT2D eigenvalue weighted by atomic mass is 32.2. The Morgan fingerprint density at radius 3 is 2.86 bits per heavy atom. The lowest BCUT2D eigenvalue weighted by molar-refractivity contribution is 0.316. The molecular weight excluding hydrogens is 278 g/mol. The Balaban J connectivity index is 1.90. The van der Waals surface area contributed by atoms with Crippen LogP contribution in [0.25, 0.3) is 10.9 Å². The molecule has 3 nitrogen and oxygen atoms in total. The number of hydrogen-bond acceptors (Lipinski definition) is 4. The van der Waals surface area contributed by atoms with E-state index in [0.29, 0.717) is 6.04 Å². The third kappa shape index (κ3) is 3.21.